The van der Waals surface area contributed by atoms with Crippen molar-refractivity contribution in [3.63, 3.8) is 0 Å². The monoisotopic (exact) mass is 229 g/mol. The van der Waals surface area contributed by atoms with Gasteiger partial charge in [0.15, 0.2) is 0 Å². The van der Waals surface area contributed by atoms with Crippen molar-refractivity contribution < 1.29 is 0 Å². The number of anilines is 1. The normalized spacial score (nSPS) is 18.8. The zero-order valence-electron chi connectivity index (χ0n) is 10.6. The van der Waals surface area contributed by atoms with E-state index in [2.05, 4.69) is 47.1 Å². The van der Waals surface area contributed by atoms with Gasteiger partial charge in [0.05, 0.1) is 12.1 Å². The van der Waals surface area contributed by atoms with Crippen molar-refractivity contribution in [2.45, 2.75) is 19.9 Å². The third-order valence-electron chi connectivity index (χ3n) is 3.45. The van der Waals surface area contributed by atoms with Gasteiger partial charge in [-0.05, 0) is 26.0 Å². The van der Waals surface area contributed by atoms with Crippen LogP contribution in [0, 0.1) is 18.3 Å². The Labute approximate surface area is 103 Å². The first-order valence-corrected chi connectivity index (χ1v) is 6.16. The predicted molar refractivity (Wildman–Crippen MR) is 70.0 cm³/mol. The van der Waals surface area contributed by atoms with Gasteiger partial charge in [-0.1, -0.05) is 17.7 Å². The second-order valence-electron chi connectivity index (χ2n) is 4.66. The number of aryl methyl sites for hydroxylation is 1. The van der Waals surface area contributed by atoms with Crippen molar-refractivity contribution in [3.05, 3.63) is 29.8 Å². The Hall–Kier alpha value is -1.53. The van der Waals surface area contributed by atoms with E-state index in [1.54, 1.807) is 0 Å². The Balaban J connectivity index is 1.95. The molecule has 1 aromatic carbocycles. The van der Waals surface area contributed by atoms with Crippen molar-refractivity contribution in [2.75, 3.05) is 31.1 Å². The van der Waals surface area contributed by atoms with Gasteiger partial charge in [0.1, 0.15) is 0 Å². The lowest BCUT2D eigenvalue weighted by Crippen LogP contribution is -2.49. The molecule has 1 fully saturated rings. The van der Waals surface area contributed by atoms with E-state index in [-0.39, 0.29) is 6.04 Å². The molecule has 0 N–H and O–H groups in total. The van der Waals surface area contributed by atoms with Crippen LogP contribution >= 0.6 is 0 Å². The molecule has 17 heavy (non-hydrogen) atoms. The van der Waals surface area contributed by atoms with Gasteiger partial charge in [-0.2, -0.15) is 5.26 Å². The number of nitriles is 1. The Bertz CT molecular complexity index is 396. The minimum absolute atomic E-state index is 0.0372. The van der Waals surface area contributed by atoms with Crippen LogP contribution in [0.25, 0.3) is 0 Å². The SMILES string of the molecule is Cc1ccc(N2CCN([C@@H](C)C#N)CC2)cc1. The van der Waals surface area contributed by atoms with Crippen LogP contribution in [0.4, 0.5) is 5.69 Å². The number of benzene rings is 1. The van der Waals surface area contributed by atoms with Crippen molar-refractivity contribution in [1.82, 2.24) is 4.90 Å². The first kappa shape index (κ1) is 11.9. The number of hydrogen-bond donors (Lipinski definition) is 0. The van der Waals surface area contributed by atoms with Crippen molar-refractivity contribution >= 4 is 5.69 Å². The fourth-order valence-corrected chi connectivity index (χ4v) is 2.20. The average Bonchev–Trinajstić information content (AvgIpc) is 2.39. The summed E-state index contributed by atoms with van der Waals surface area (Å²) in [5.74, 6) is 0. The Kier molecular flexibility index (Phi) is 3.65. The van der Waals surface area contributed by atoms with Crippen LogP contribution < -0.4 is 4.90 Å². The molecular weight excluding hydrogens is 210 g/mol. The summed E-state index contributed by atoms with van der Waals surface area (Å²) in [6, 6.07) is 11.0. The molecule has 1 aliphatic rings. The average molecular weight is 229 g/mol. The molecule has 0 radical (unpaired) electrons. The van der Waals surface area contributed by atoms with Crippen LogP contribution in [0.1, 0.15) is 12.5 Å². The maximum absolute atomic E-state index is 8.90. The molecule has 0 spiro atoms. The molecule has 1 heterocycles. The van der Waals surface area contributed by atoms with Crippen LogP contribution in [-0.2, 0) is 0 Å². The summed E-state index contributed by atoms with van der Waals surface area (Å²) in [6.07, 6.45) is 0. The highest BCUT2D eigenvalue weighted by molar-refractivity contribution is 5.47. The smallest absolute Gasteiger partial charge is 0.0950 e. The van der Waals surface area contributed by atoms with Crippen LogP contribution in [-0.4, -0.2) is 37.1 Å². The zero-order chi connectivity index (χ0) is 12.3. The zero-order valence-corrected chi connectivity index (χ0v) is 10.6. The summed E-state index contributed by atoms with van der Waals surface area (Å²) in [4.78, 5) is 4.63. The summed E-state index contributed by atoms with van der Waals surface area (Å²) < 4.78 is 0. The van der Waals surface area contributed by atoms with E-state index in [1.807, 2.05) is 6.92 Å². The molecule has 90 valence electrons. The molecule has 1 aliphatic heterocycles. The van der Waals surface area contributed by atoms with E-state index in [9.17, 15) is 0 Å². The van der Waals surface area contributed by atoms with Gasteiger partial charge in [-0.3, -0.25) is 4.90 Å². The molecule has 0 amide bonds. The van der Waals surface area contributed by atoms with E-state index in [1.165, 1.54) is 11.3 Å². The van der Waals surface area contributed by atoms with Crippen LogP contribution in [0.3, 0.4) is 0 Å². The molecule has 0 bridgehead atoms. The Morgan fingerprint density at radius 2 is 1.71 bits per heavy atom. The van der Waals surface area contributed by atoms with Crippen molar-refractivity contribution in [1.29, 1.82) is 5.26 Å². The van der Waals surface area contributed by atoms with Crippen molar-refractivity contribution in [3.8, 4) is 6.07 Å². The maximum atomic E-state index is 8.90. The molecule has 0 aliphatic carbocycles. The first-order valence-electron chi connectivity index (χ1n) is 6.16. The first-order chi connectivity index (χ1) is 8.20. The maximum Gasteiger partial charge on any atom is 0.0950 e. The fraction of sp³-hybridized carbons (Fsp3) is 0.500. The second kappa shape index (κ2) is 5.20. The highest BCUT2D eigenvalue weighted by Gasteiger charge is 2.20. The van der Waals surface area contributed by atoms with E-state index in [0.29, 0.717) is 0 Å². The Morgan fingerprint density at radius 3 is 2.24 bits per heavy atom. The second-order valence-corrected chi connectivity index (χ2v) is 4.66. The number of hydrogen-bond acceptors (Lipinski definition) is 3. The number of rotatable bonds is 2. The summed E-state index contributed by atoms with van der Waals surface area (Å²) in [7, 11) is 0. The molecule has 0 unspecified atom stereocenters. The Morgan fingerprint density at radius 1 is 1.12 bits per heavy atom. The molecule has 0 aromatic heterocycles. The van der Waals surface area contributed by atoms with Gasteiger partial charge in [0, 0.05) is 31.9 Å². The summed E-state index contributed by atoms with van der Waals surface area (Å²) >= 11 is 0. The topological polar surface area (TPSA) is 30.3 Å². The van der Waals surface area contributed by atoms with E-state index in [0.717, 1.165) is 26.2 Å². The van der Waals surface area contributed by atoms with Crippen molar-refractivity contribution in [2.24, 2.45) is 0 Å². The fourth-order valence-electron chi connectivity index (χ4n) is 2.20. The van der Waals surface area contributed by atoms with E-state index in [4.69, 9.17) is 5.26 Å². The standard InChI is InChI=1S/C14H19N3/c1-12-3-5-14(6-4-12)17-9-7-16(8-10-17)13(2)11-15/h3-6,13H,7-10H2,1-2H3/t13-/m0/s1. The van der Waals surface area contributed by atoms with Gasteiger partial charge in [-0.15, -0.1) is 0 Å². The highest BCUT2D eigenvalue weighted by Crippen LogP contribution is 2.17. The minimum atomic E-state index is 0.0372. The molecule has 1 atom stereocenters. The van der Waals surface area contributed by atoms with E-state index < -0.39 is 0 Å². The van der Waals surface area contributed by atoms with Gasteiger partial charge in [0.2, 0.25) is 0 Å². The lowest BCUT2D eigenvalue weighted by Gasteiger charge is -2.37. The van der Waals surface area contributed by atoms with Crippen LogP contribution in [0.2, 0.25) is 0 Å². The largest absolute Gasteiger partial charge is 0.369 e. The van der Waals surface area contributed by atoms with Gasteiger partial charge >= 0.3 is 0 Å². The van der Waals surface area contributed by atoms with E-state index >= 15 is 0 Å². The summed E-state index contributed by atoms with van der Waals surface area (Å²) in [5, 5.41) is 8.90. The predicted octanol–water partition coefficient (Wildman–Crippen LogP) is 2.03. The molecule has 3 nitrogen and oxygen atoms in total. The lowest BCUT2D eigenvalue weighted by atomic mass is 10.2. The minimum Gasteiger partial charge on any atom is -0.369 e. The summed E-state index contributed by atoms with van der Waals surface area (Å²) in [5.41, 5.74) is 2.59. The van der Waals surface area contributed by atoms with Crippen LogP contribution in [0.5, 0.6) is 0 Å². The van der Waals surface area contributed by atoms with Gasteiger partial charge in [-0.25, -0.2) is 0 Å². The quantitative estimate of drug-likeness (QED) is 0.777. The lowest BCUT2D eigenvalue weighted by molar-refractivity contribution is 0.231. The highest BCUT2D eigenvalue weighted by atomic mass is 15.3. The summed E-state index contributed by atoms with van der Waals surface area (Å²) in [6.45, 7) is 8.05. The molecule has 1 saturated heterocycles. The molecule has 2 rings (SSSR count). The third-order valence-corrected chi connectivity index (χ3v) is 3.45. The van der Waals surface area contributed by atoms with Crippen LogP contribution in [0.15, 0.2) is 24.3 Å². The molecular formula is C14H19N3. The molecule has 3 heteroatoms. The molecule has 0 saturated carbocycles. The number of piperazine rings is 1. The van der Waals surface area contributed by atoms with Gasteiger partial charge in [0.25, 0.3) is 0 Å². The molecule has 1 aromatic rings. The number of nitrogens with zero attached hydrogens (tertiary/aromatic N) is 3. The van der Waals surface area contributed by atoms with Gasteiger partial charge < -0.3 is 4.90 Å². The third kappa shape index (κ3) is 2.78.